The van der Waals surface area contributed by atoms with Gasteiger partial charge in [0.2, 0.25) is 5.95 Å². The number of thioether (sulfide) groups is 1. The molecule has 5 heteroatoms. The summed E-state index contributed by atoms with van der Waals surface area (Å²) in [5.74, 6) is -0.169. The molecule has 1 N–H and O–H groups in total. The molecule has 0 unspecified atom stereocenters. The van der Waals surface area contributed by atoms with Crippen LogP contribution in [0.4, 0.5) is 10.1 Å². The molecule has 1 amide bonds. The lowest BCUT2D eigenvalue weighted by Crippen LogP contribution is -2.13. The van der Waals surface area contributed by atoms with Crippen LogP contribution in [0.5, 0.6) is 0 Å². The molecular weight excluding hydrogens is 275 g/mol. The molecule has 2 aromatic rings. The SMILES string of the molecule is C=CCSc1ccccc1NC(=O)c1ccc(F)nc1. The number of aromatic nitrogens is 1. The third-order valence-electron chi connectivity index (χ3n) is 2.48. The van der Waals surface area contributed by atoms with Crippen LogP contribution in [-0.4, -0.2) is 16.6 Å². The van der Waals surface area contributed by atoms with E-state index >= 15 is 0 Å². The molecule has 2 rings (SSSR count). The van der Waals surface area contributed by atoms with Crippen LogP contribution in [-0.2, 0) is 0 Å². The Morgan fingerprint density at radius 3 is 2.85 bits per heavy atom. The van der Waals surface area contributed by atoms with Crippen LogP contribution in [0.2, 0.25) is 0 Å². The van der Waals surface area contributed by atoms with Gasteiger partial charge in [-0.2, -0.15) is 4.39 Å². The van der Waals surface area contributed by atoms with E-state index in [9.17, 15) is 9.18 Å². The van der Waals surface area contributed by atoms with Crippen molar-refractivity contribution < 1.29 is 9.18 Å². The number of carbonyl (C=O) groups excluding carboxylic acids is 1. The van der Waals surface area contributed by atoms with Crippen LogP contribution in [0.1, 0.15) is 10.4 Å². The smallest absolute Gasteiger partial charge is 0.257 e. The minimum atomic E-state index is -0.608. The Bertz CT molecular complexity index is 614. The summed E-state index contributed by atoms with van der Waals surface area (Å²) in [6, 6.07) is 10.1. The van der Waals surface area contributed by atoms with Gasteiger partial charge in [0.15, 0.2) is 0 Å². The van der Waals surface area contributed by atoms with Crippen molar-refractivity contribution in [3.63, 3.8) is 0 Å². The van der Waals surface area contributed by atoms with Gasteiger partial charge in [0.1, 0.15) is 0 Å². The van der Waals surface area contributed by atoms with E-state index in [1.54, 1.807) is 17.8 Å². The largest absolute Gasteiger partial charge is 0.321 e. The molecule has 1 aromatic heterocycles. The van der Waals surface area contributed by atoms with E-state index in [0.29, 0.717) is 11.3 Å². The van der Waals surface area contributed by atoms with Crippen LogP contribution < -0.4 is 5.32 Å². The number of amides is 1. The molecule has 20 heavy (non-hydrogen) atoms. The van der Waals surface area contributed by atoms with E-state index in [1.807, 2.05) is 24.3 Å². The average molecular weight is 288 g/mol. The molecule has 1 aromatic carbocycles. The Balaban J connectivity index is 2.15. The number of hydrogen-bond acceptors (Lipinski definition) is 3. The molecule has 1 heterocycles. The monoisotopic (exact) mass is 288 g/mol. The second-order valence-electron chi connectivity index (χ2n) is 3.92. The highest BCUT2D eigenvalue weighted by Gasteiger charge is 2.09. The Morgan fingerprint density at radius 2 is 2.15 bits per heavy atom. The summed E-state index contributed by atoms with van der Waals surface area (Å²) in [5, 5.41) is 2.80. The zero-order chi connectivity index (χ0) is 14.4. The summed E-state index contributed by atoms with van der Waals surface area (Å²) in [6.07, 6.45) is 3.01. The standard InChI is InChI=1S/C15H13FN2OS/c1-2-9-20-13-6-4-3-5-12(13)18-15(19)11-7-8-14(16)17-10-11/h2-8,10H,1,9H2,(H,18,19). The number of nitrogens with one attached hydrogen (secondary N) is 1. The van der Waals surface area contributed by atoms with Crippen LogP contribution in [0.3, 0.4) is 0 Å². The van der Waals surface area contributed by atoms with Crippen LogP contribution in [0.25, 0.3) is 0 Å². The number of para-hydroxylation sites is 1. The highest BCUT2D eigenvalue weighted by Crippen LogP contribution is 2.27. The van der Waals surface area contributed by atoms with Gasteiger partial charge in [-0.25, -0.2) is 4.98 Å². The van der Waals surface area contributed by atoms with Crippen LogP contribution >= 0.6 is 11.8 Å². The van der Waals surface area contributed by atoms with Crippen molar-refractivity contribution >= 4 is 23.4 Å². The minimum Gasteiger partial charge on any atom is -0.321 e. The topological polar surface area (TPSA) is 42.0 Å². The second-order valence-corrected chi connectivity index (χ2v) is 4.98. The number of benzene rings is 1. The van der Waals surface area contributed by atoms with Crippen molar-refractivity contribution in [1.29, 1.82) is 0 Å². The maximum atomic E-state index is 12.7. The van der Waals surface area contributed by atoms with Crippen LogP contribution in [0, 0.1) is 5.95 Å². The van der Waals surface area contributed by atoms with Gasteiger partial charge >= 0.3 is 0 Å². The van der Waals surface area contributed by atoms with Crippen molar-refractivity contribution in [3.05, 3.63) is 66.8 Å². The van der Waals surface area contributed by atoms with Gasteiger partial charge in [-0.15, -0.1) is 18.3 Å². The minimum absolute atomic E-state index is 0.315. The molecule has 0 spiro atoms. The van der Waals surface area contributed by atoms with Gasteiger partial charge in [0.25, 0.3) is 5.91 Å². The quantitative estimate of drug-likeness (QED) is 0.517. The van der Waals surface area contributed by atoms with Crippen molar-refractivity contribution in [2.45, 2.75) is 4.90 Å². The molecule has 0 saturated heterocycles. The zero-order valence-electron chi connectivity index (χ0n) is 10.7. The zero-order valence-corrected chi connectivity index (χ0v) is 11.5. The summed E-state index contributed by atoms with van der Waals surface area (Å²) in [7, 11) is 0. The van der Waals surface area contributed by atoms with Gasteiger partial charge < -0.3 is 5.32 Å². The third-order valence-corrected chi connectivity index (χ3v) is 3.55. The maximum absolute atomic E-state index is 12.7. The lowest BCUT2D eigenvalue weighted by molar-refractivity contribution is 0.102. The van der Waals surface area contributed by atoms with Crippen molar-refractivity contribution in [3.8, 4) is 0 Å². The molecule has 0 fully saturated rings. The summed E-state index contributed by atoms with van der Waals surface area (Å²) < 4.78 is 12.7. The number of carbonyl (C=O) groups is 1. The summed E-state index contributed by atoms with van der Waals surface area (Å²) in [4.78, 5) is 16.5. The molecule has 0 aliphatic heterocycles. The Morgan fingerprint density at radius 1 is 1.35 bits per heavy atom. The fourth-order valence-corrected chi connectivity index (χ4v) is 2.30. The first-order valence-electron chi connectivity index (χ1n) is 5.96. The highest BCUT2D eigenvalue weighted by atomic mass is 32.2. The summed E-state index contributed by atoms with van der Waals surface area (Å²) >= 11 is 1.58. The van der Waals surface area contributed by atoms with E-state index < -0.39 is 5.95 Å². The normalized spacial score (nSPS) is 10.1. The van der Waals surface area contributed by atoms with E-state index in [2.05, 4.69) is 16.9 Å². The third kappa shape index (κ3) is 3.68. The molecule has 3 nitrogen and oxygen atoms in total. The van der Waals surface area contributed by atoms with E-state index in [4.69, 9.17) is 0 Å². The first-order chi connectivity index (χ1) is 9.70. The van der Waals surface area contributed by atoms with E-state index in [0.717, 1.165) is 16.7 Å². The molecule has 0 saturated carbocycles. The fraction of sp³-hybridized carbons (Fsp3) is 0.0667. The lowest BCUT2D eigenvalue weighted by atomic mass is 10.2. The number of halogens is 1. The molecule has 0 atom stereocenters. The molecule has 102 valence electrons. The fourth-order valence-electron chi connectivity index (χ4n) is 1.55. The van der Waals surface area contributed by atoms with Gasteiger partial charge in [0.05, 0.1) is 11.3 Å². The van der Waals surface area contributed by atoms with Crippen molar-refractivity contribution in [2.24, 2.45) is 0 Å². The molecule has 0 aliphatic rings. The highest BCUT2D eigenvalue weighted by molar-refractivity contribution is 7.99. The van der Waals surface area contributed by atoms with Crippen molar-refractivity contribution in [2.75, 3.05) is 11.1 Å². The van der Waals surface area contributed by atoms with Crippen LogP contribution in [0.15, 0.2) is 60.1 Å². The molecule has 0 bridgehead atoms. The van der Waals surface area contributed by atoms with Crippen molar-refractivity contribution in [1.82, 2.24) is 4.98 Å². The average Bonchev–Trinajstić information content (AvgIpc) is 2.47. The molecule has 0 aliphatic carbocycles. The van der Waals surface area contributed by atoms with E-state index in [1.165, 1.54) is 12.3 Å². The van der Waals surface area contributed by atoms with Gasteiger partial charge in [-0.1, -0.05) is 18.2 Å². The van der Waals surface area contributed by atoms with Gasteiger partial charge in [0, 0.05) is 16.8 Å². The lowest BCUT2D eigenvalue weighted by Gasteiger charge is -2.09. The van der Waals surface area contributed by atoms with Gasteiger partial charge in [-0.05, 0) is 24.3 Å². The van der Waals surface area contributed by atoms with Gasteiger partial charge in [-0.3, -0.25) is 4.79 Å². The number of rotatable bonds is 5. The number of pyridine rings is 1. The maximum Gasteiger partial charge on any atom is 0.257 e. The summed E-state index contributed by atoms with van der Waals surface area (Å²) in [5.41, 5.74) is 1.03. The predicted molar refractivity (Wildman–Crippen MR) is 79.5 cm³/mol. The summed E-state index contributed by atoms with van der Waals surface area (Å²) in [6.45, 7) is 3.67. The number of anilines is 1. The second kappa shape index (κ2) is 6.86. The Kier molecular flexibility index (Phi) is 4.90. The number of hydrogen-bond donors (Lipinski definition) is 1. The Labute approximate surface area is 120 Å². The first kappa shape index (κ1) is 14.3. The number of nitrogens with zero attached hydrogens (tertiary/aromatic N) is 1. The Hall–Kier alpha value is -2.14. The molecular formula is C15H13FN2OS. The predicted octanol–water partition coefficient (Wildman–Crippen LogP) is 3.75. The van der Waals surface area contributed by atoms with E-state index in [-0.39, 0.29) is 5.91 Å². The molecule has 0 radical (unpaired) electrons. The first-order valence-corrected chi connectivity index (χ1v) is 6.95.